The van der Waals surface area contributed by atoms with Crippen LogP contribution in [0.25, 0.3) is 16.9 Å². The highest BCUT2D eigenvalue weighted by molar-refractivity contribution is 6.35. The van der Waals surface area contributed by atoms with Gasteiger partial charge in [0.1, 0.15) is 6.10 Å². The van der Waals surface area contributed by atoms with Crippen LogP contribution in [-0.4, -0.2) is 46.4 Å². The fourth-order valence-electron chi connectivity index (χ4n) is 3.64. The second-order valence-corrected chi connectivity index (χ2v) is 9.45. The third-order valence-electron chi connectivity index (χ3n) is 5.42. The van der Waals surface area contributed by atoms with Gasteiger partial charge in [-0.3, -0.25) is 9.13 Å². The van der Waals surface area contributed by atoms with Crippen molar-refractivity contribution in [1.82, 2.24) is 23.9 Å². The molecule has 0 radical (unpaired) electrons. The molecule has 0 saturated heterocycles. The average Bonchev–Trinajstić information content (AvgIpc) is 3.36. The Kier molecular flexibility index (Phi) is 7.72. The lowest BCUT2D eigenvalue weighted by Crippen LogP contribution is -2.37. The van der Waals surface area contributed by atoms with E-state index in [9.17, 15) is 28.2 Å². The summed E-state index contributed by atoms with van der Waals surface area (Å²) in [4.78, 5) is 17.5. The monoisotopic (exact) mass is 575 g/mol. The van der Waals surface area contributed by atoms with Crippen LogP contribution in [0.3, 0.4) is 0 Å². The molecule has 0 unspecified atom stereocenters. The number of aromatic nitrogens is 5. The number of aliphatic hydroxyl groups excluding tert-OH is 2. The molecule has 0 aliphatic heterocycles. The van der Waals surface area contributed by atoms with Crippen molar-refractivity contribution < 1.29 is 23.4 Å². The Balaban J connectivity index is 1.78. The van der Waals surface area contributed by atoms with Crippen LogP contribution in [0, 0.1) is 0 Å². The molecule has 0 aliphatic carbocycles. The lowest BCUT2D eigenvalue weighted by Gasteiger charge is -2.16. The molecule has 0 bridgehead atoms. The fourth-order valence-corrected chi connectivity index (χ4v) is 4.25. The molecule has 4 aromatic rings. The zero-order valence-corrected chi connectivity index (χ0v) is 21.3. The molecule has 2 atom stereocenters. The number of imidazole rings is 1. The van der Waals surface area contributed by atoms with Crippen LogP contribution < -0.4 is 5.69 Å². The lowest BCUT2D eigenvalue weighted by molar-refractivity contribution is -0.207. The normalized spacial score (nSPS) is 13.6. The quantitative estimate of drug-likeness (QED) is 0.327. The Hall–Kier alpha value is -2.83. The van der Waals surface area contributed by atoms with Gasteiger partial charge in [-0.05, 0) is 42.8 Å². The van der Waals surface area contributed by atoms with Gasteiger partial charge in [0.2, 0.25) is 0 Å². The van der Waals surface area contributed by atoms with Gasteiger partial charge in [-0.25, -0.2) is 14.5 Å². The second-order valence-electron chi connectivity index (χ2n) is 8.17. The van der Waals surface area contributed by atoms with E-state index in [-0.39, 0.29) is 28.9 Å². The fraction of sp³-hybridized carbons (Fsp3) is 0.261. The molecule has 2 N–H and O–H groups in total. The highest BCUT2D eigenvalue weighted by Crippen LogP contribution is 2.28. The van der Waals surface area contributed by atoms with Gasteiger partial charge in [-0.15, -0.1) is 5.10 Å². The Morgan fingerprint density at radius 3 is 2.27 bits per heavy atom. The van der Waals surface area contributed by atoms with Crippen LogP contribution in [0.4, 0.5) is 13.2 Å². The Bertz CT molecular complexity index is 1480. The van der Waals surface area contributed by atoms with Gasteiger partial charge in [-0.2, -0.15) is 13.2 Å². The van der Waals surface area contributed by atoms with Crippen LogP contribution >= 0.6 is 34.8 Å². The maximum Gasteiger partial charge on any atom is 0.416 e. The molecule has 2 heterocycles. The molecule has 2 aromatic heterocycles. The Morgan fingerprint density at radius 2 is 1.68 bits per heavy atom. The first-order chi connectivity index (χ1) is 17.3. The first-order valence-electron chi connectivity index (χ1n) is 10.7. The van der Waals surface area contributed by atoms with Gasteiger partial charge in [0.25, 0.3) is 0 Å². The summed E-state index contributed by atoms with van der Waals surface area (Å²) in [6.07, 6.45) is -7.42. The van der Waals surface area contributed by atoms with Crippen molar-refractivity contribution in [2.45, 2.75) is 38.4 Å². The maximum absolute atomic E-state index is 13.2. The summed E-state index contributed by atoms with van der Waals surface area (Å²) in [7, 11) is 0. The zero-order valence-electron chi connectivity index (χ0n) is 19.0. The summed E-state index contributed by atoms with van der Waals surface area (Å²) in [6.45, 7) is 0.203. The Labute approximate surface area is 223 Å². The smallest absolute Gasteiger partial charge is 0.385 e. The maximum atomic E-state index is 13.2. The highest BCUT2D eigenvalue weighted by atomic mass is 35.5. The molecule has 37 heavy (non-hydrogen) atoms. The van der Waals surface area contributed by atoms with Gasteiger partial charge >= 0.3 is 11.9 Å². The molecule has 2 aromatic carbocycles. The van der Waals surface area contributed by atoms with E-state index in [0.29, 0.717) is 21.3 Å². The van der Waals surface area contributed by atoms with Crippen LogP contribution in [0.15, 0.2) is 53.5 Å². The first-order valence-corrected chi connectivity index (χ1v) is 11.9. The molecular weight excluding hydrogens is 558 g/mol. The van der Waals surface area contributed by atoms with Crippen molar-refractivity contribution in [3.63, 3.8) is 0 Å². The predicted molar refractivity (Wildman–Crippen MR) is 132 cm³/mol. The van der Waals surface area contributed by atoms with Crippen molar-refractivity contribution in [2.75, 3.05) is 0 Å². The number of nitrogens with zero attached hydrogens (tertiary/aromatic N) is 5. The molecule has 4 rings (SSSR count). The van der Waals surface area contributed by atoms with E-state index < -0.39 is 30.6 Å². The standard InChI is InChI=1S/C23H19Cl3F3N5O3/c1-12(35)21-30-20(31-34(21)17-7-6-15(25)8-16(17)26)11-32-9-18(13-2-4-14(24)5-3-13)33(22(32)37)10-19(36)23(27,28)29/h2-9,12,19,35-36H,10-11H2,1H3/t12-,19-/m0/s1. The third-order valence-corrected chi connectivity index (χ3v) is 6.21. The largest absolute Gasteiger partial charge is 0.416 e. The van der Waals surface area contributed by atoms with E-state index in [1.807, 2.05) is 0 Å². The molecule has 14 heteroatoms. The van der Waals surface area contributed by atoms with Gasteiger partial charge in [0, 0.05) is 16.2 Å². The van der Waals surface area contributed by atoms with E-state index in [1.165, 1.54) is 36.0 Å². The van der Waals surface area contributed by atoms with E-state index in [0.717, 1.165) is 9.13 Å². The molecular formula is C23H19Cl3F3N5O3. The topological polar surface area (TPSA) is 98.1 Å². The van der Waals surface area contributed by atoms with Crippen molar-refractivity contribution in [3.8, 4) is 16.9 Å². The number of hydrogen-bond donors (Lipinski definition) is 2. The molecule has 0 amide bonds. The molecule has 8 nitrogen and oxygen atoms in total. The summed E-state index contributed by atoms with van der Waals surface area (Å²) >= 11 is 18.2. The Morgan fingerprint density at radius 1 is 1.03 bits per heavy atom. The number of alkyl halides is 3. The number of halogens is 6. The molecule has 196 valence electrons. The average molecular weight is 577 g/mol. The second kappa shape index (κ2) is 10.5. The summed E-state index contributed by atoms with van der Waals surface area (Å²) in [5.74, 6) is 0.206. The zero-order chi connectivity index (χ0) is 27.1. The molecule has 0 aliphatic rings. The SMILES string of the molecule is C[C@H](O)c1nc(Cn2cc(-c3ccc(Cl)cc3)n(C[C@H](O)C(F)(F)F)c2=O)nn1-c1ccc(Cl)cc1Cl. The summed E-state index contributed by atoms with van der Waals surface area (Å²) in [6, 6.07) is 10.8. The third kappa shape index (κ3) is 5.86. The number of benzene rings is 2. The van der Waals surface area contributed by atoms with Gasteiger partial charge in [0.15, 0.2) is 17.8 Å². The van der Waals surface area contributed by atoms with Gasteiger partial charge in [-0.1, -0.05) is 46.9 Å². The molecule has 0 fully saturated rings. The predicted octanol–water partition coefficient (Wildman–Crippen LogP) is 4.88. The van der Waals surface area contributed by atoms with E-state index in [4.69, 9.17) is 34.8 Å². The summed E-state index contributed by atoms with van der Waals surface area (Å²) in [5, 5.41) is 25.3. The van der Waals surface area contributed by atoms with Crippen molar-refractivity contribution in [1.29, 1.82) is 0 Å². The number of aliphatic hydroxyl groups is 2. The van der Waals surface area contributed by atoms with Crippen molar-refractivity contribution in [3.05, 3.63) is 85.9 Å². The summed E-state index contributed by atoms with van der Waals surface area (Å²) < 4.78 is 42.5. The minimum atomic E-state index is -4.93. The molecule has 0 saturated carbocycles. The van der Waals surface area contributed by atoms with Gasteiger partial charge < -0.3 is 10.2 Å². The van der Waals surface area contributed by atoms with Crippen LogP contribution in [-0.2, 0) is 13.1 Å². The van der Waals surface area contributed by atoms with Crippen LogP contribution in [0.1, 0.15) is 24.7 Å². The minimum absolute atomic E-state index is 0.0835. The van der Waals surface area contributed by atoms with E-state index in [1.54, 1.807) is 24.3 Å². The van der Waals surface area contributed by atoms with Crippen molar-refractivity contribution >= 4 is 34.8 Å². The lowest BCUT2D eigenvalue weighted by atomic mass is 10.1. The number of hydrogen-bond acceptors (Lipinski definition) is 5. The van der Waals surface area contributed by atoms with E-state index in [2.05, 4.69) is 10.1 Å². The number of rotatable bonds is 7. The van der Waals surface area contributed by atoms with E-state index >= 15 is 0 Å². The van der Waals surface area contributed by atoms with Gasteiger partial charge in [0.05, 0.1) is 29.5 Å². The van der Waals surface area contributed by atoms with Crippen LogP contribution in [0.2, 0.25) is 15.1 Å². The molecule has 0 spiro atoms. The van der Waals surface area contributed by atoms with Crippen molar-refractivity contribution in [2.24, 2.45) is 0 Å². The highest BCUT2D eigenvalue weighted by Gasteiger charge is 2.39. The minimum Gasteiger partial charge on any atom is -0.385 e. The first kappa shape index (κ1) is 27.2. The van der Waals surface area contributed by atoms with Crippen LogP contribution in [0.5, 0.6) is 0 Å². The summed E-state index contributed by atoms with van der Waals surface area (Å²) in [5.41, 5.74) is 0.0835.